The predicted octanol–water partition coefficient (Wildman–Crippen LogP) is 0.964. The molecule has 2 heterocycles. The van der Waals surface area contributed by atoms with E-state index in [0.29, 0.717) is 34.5 Å². The predicted molar refractivity (Wildman–Crippen MR) is 99.2 cm³/mol. The van der Waals surface area contributed by atoms with E-state index in [-0.39, 0.29) is 23.5 Å². The van der Waals surface area contributed by atoms with Crippen molar-refractivity contribution in [3.63, 3.8) is 0 Å². The highest BCUT2D eigenvalue weighted by atomic mass is 32.2. The summed E-state index contributed by atoms with van der Waals surface area (Å²) in [5, 5.41) is 3.32. The highest BCUT2D eigenvalue weighted by Gasteiger charge is 2.29. The number of fused-ring (bicyclic) bond motifs is 1. The van der Waals surface area contributed by atoms with E-state index in [0.717, 1.165) is 0 Å². The lowest BCUT2D eigenvalue weighted by Crippen LogP contribution is -2.37. The first-order valence-electron chi connectivity index (χ1n) is 8.42. The molecule has 0 aliphatic carbocycles. The molecule has 1 aliphatic rings. The number of methoxy groups -OCH3 is 2. The molecule has 3 rings (SSSR count). The molecule has 1 fully saturated rings. The third kappa shape index (κ3) is 3.92. The lowest BCUT2D eigenvalue weighted by atomic mass is 10.0. The molecule has 8 nitrogen and oxygen atoms in total. The molecule has 2 aromatic rings. The zero-order chi connectivity index (χ0) is 19.8. The Morgan fingerprint density at radius 2 is 1.93 bits per heavy atom. The van der Waals surface area contributed by atoms with Crippen LogP contribution in [0.25, 0.3) is 11.0 Å². The van der Waals surface area contributed by atoms with E-state index in [2.05, 4.69) is 5.32 Å². The number of ether oxygens (including phenoxy) is 2. The number of carbonyl (C=O) groups excluding carboxylic acids is 1. The minimum absolute atomic E-state index is 0.0662. The number of nitrogens with one attached hydrogen (secondary N) is 1. The molecule has 1 N–H and O–H groups in total. The molecule has 1 amide bonds. The van der Waals surface area contributed by atoms with Gasteiger partial charge >= 0.3 is 5.63 Å². The van der Waals surface area contributed by atoms with Gasteiger partial charge in [0.15, 0.2) is 21.3 Å². The van der Waals surface area contributed by atoms with Crippen molar-refractivity contribution in [3.05, 3.63) is 33.7 Å². The standard InChI is InChI=1S/C18H21NO7S/c1-10-12-6-15(24-2)16(25-3)8-14(12)26-18(21)13(10)7-17(20)19-11-4-5-27(22,23)9-11/h6,8,11H,4-5,7,9H2,1-3H3,(H,19,20)/t11-/m1/s1. The summed E-state index contributed by atoms with van der Waals surface area (Å²) in [7, 11) is -0.109. The van der Waals surface area contributed by atoms with Crippen molar-refractivity contribution in [3.8, 4) is 11.5 Å². The maximum atomic E-state index is 12.4. The first-order valence-corrected chi connectivity index (χ1v) is 10.2. The maximum Gasteiger partial charge on any atom is 0.340 e. The molecule has 1 aliphatic heterocycles. The molecule has 1 aromatic carbocycles. The van der Waals surface area contributed by atoms with Gasteiger partial charge in [-0.2, -0.15) is 0 Å². The van der Waals surface area contributed by atoms with E-state index in [9.17, 15) is 18.0 Å². The Balaban J connectivity index is 1.90. The van der Waals surface area contributed by atoms with E-state index in [1.54, 1.807) is 19.1 Å². The topological polar surface area (TPSA) is 112 Å². The normalized spacial score (nSPS) is 18.4. The maximum absolute atomic E-state index is 12.4. The fourth-order valence-corrected chi connectivity index (χ4v) is 4.94. The van der Waals surface area contributed by atoms with Gasteiger partial charge in [-0.15, -0.1) is 0 Å². The monoisotopic (exact) mass is 395 g/mol. The fraction of sp³-hybridized carbons (Fsp3) is 0.444. The largest absolute Gasteiger partial charge is 0.493 e. The van der Waals surface area contributed by atoms with Crippen molar-refractivity contribution >= 4 is 26.7 Å². The van der Waals surface area contributed by atoms with Gasteiger partial charge in [0.05, 0.1) is 37.7 Å². The van der Waals surface area contributed by atoms with Gasteiger partial charge in [0.1, 0.15) is 5.58 Å². The van der Waals surface area contributed by atoms with Crippen LogP contribution in [0.15, 0.2) is 21.3 Å². The number of hydrogen-bond acceptors (Lipinski definition) is 7. The summed E-state index contributed by atoms with van der Waals surface area (Å²) in [5.74, 6) is 0.499. The van der Waals surface area contributed by atoms with Crippen LogP contribution in [0.2, 0.25) is 0 Å². The van der Waals surface area contributed by atoms with Gasteiger partial charge in [0.25, 0.3) is 0 Å². The summed E-state index contributed by atoms with van der Waals surface area (Å²) in [6.07, 6.45) is 0.200. The van der Waals surface area contributed by atoms with Gasteiger partial charge in [0, 0.05) is 17.5 Å². The van der Waals surface area contributed by atoms with Gasteiger partial charge < -0.3 is 19.2 Å². The zero-order valence-corrected chi connectivity index (χ0v) is 16.1. The van der Waals surface area contributed by atoms with Crippen LogP contribution in [0.5, 0.6) is 11.5 Å². The summed E-state index contributed by atoms with van der Waals surface area (Å²) in [4.78, 5) is 24.7. The molecule has 9 heteroatoms. The quantitative estimate of drug-likeness (QED) is 0.751. The van der Waals surface area contributed by atoms with Crippen LogP contribution < -0.4 is 20.4 Å². The van der Waals surface area contributed by atoms with Crippen molar-refractivity contribution in [1.29, 1.82) is 0 Å². The average Bonchev–Trinajstić information content (AvgIpc) is 2.95. The Labute approximate surface area is 156 Å². The average molecular weight is 395 g/mol. The molecule has 1 aromatic heterocycles. The number of aryl methyl sites for hydroxylation is 1. The van der Waals surface area contributed by atoms with Crippen LogP contribution in [-0.2, 0) is 21.1 Å². The van der Waals surface area contributed by atoms with Crippen LogP contribution in [0, 0.1) is 6.92 Å². The molecular formula is C18H21NO7S. The Morgan fingerprint density at radius 1 is 1.26 bits per heavy atom. The second kappa shape index (κ2) is 7.22. The van der Waals surface area contributed by atoms with Crippen molar-refractivity contribution in [2.24, 2.45) is 0 Å². The lowest BCUT2D eigenvalue weighted by Gasteiger charge is -2.13. The SMILES string of the molecule is COc1cc2oc(=O)c(CC(=O)N[C@@H]3CCS(=O)(=O)C3)c(C)c2cc1OC. The van der Waals surface area contributed by atoms with Gasteiger partial charge in [-0.25, -0.2) is 13.2 Å². The minimum atomic E-state index is -3.09. The van der Waals surface area contributed by atoms with Crippen molar-refractivity contribution in [1.82, 2.24) is 5.32 Å². The van der Waals surface area contributed by atoms with Gasteiger partial charge in [0.2, 0.25) is 5.91 Å². The second-order valence-corrected chi connectivity index (χ2v) is 8.77. The molecule has 1 saturated heterocycles. The van der Waals surface area contributed by atoms with Gasteiger partial charge in [-0.3, -0.25) is 4.79 Å². The third-order valence-corrected chi connectivity index (χ3v) is 6.49. The first kappa shape index (κ1) is 19.2. The Hall–Kier alpha value is -2.55. The van der Waals surface area contributed by atoms with Crippen molar-refractivity contribution in [2.45, 2.75) is 25.8 Å². The molecule has 0 bridgehead atoms. The first-order chi connectivity index (χ1) is 12.7. The van der Waals surface area contributed by atoms with E-state index >= 15 is 0 Å². The van der Waals surface area contributed by atoms with E-state index in [4.69, 9.17) is 13.9 Å². The van der Waals surface area contributed by atoms with Crippen molar-refractivity contribution < 1.29 is 27.1 Å². The molecular weight excluding hydrogens is 374 g/mol. The number of rotatable bonds is 5. The molecule has 27 heavy (non-hydrogen) atoms. The molecule has 0 unspecified atom stereocenters. The fourth-order valence-electron chi connectivity index (χ4n) is 3.27. The van der Waals surface area contributed by atoms with Crippen LogP contribution >= 0.6 is 0 Å². The Bertz CT molecular complexity index is 1060. The zero-order valence-electron chi connectivity index (χ0n) is 15.3. The smallest absolute Gasteiger partial charge is 0.340 e. The van der Waals surface area contributed by atoms with Crippen LogP contribution in [0.1, 0.15) is 17.5 Å². The number of hydrogen-bond donors (Lipinski definition) is 1. The summed E-state index contributed by atoms with van der Waals surface area (Å²) < 4.78 is 38.9. The second-order valence-electron chi connectivity index (χ2n) is 6.54. The van der Waals surface area contributed by atoms with E-state index in [1.165, 1.54) is 14.2 Å². The van der Waals surface area contributed by atoms with Crippen LogP contribution in [0.3, 0.4) is 0 Å². The third-order valence-electron chi connectivity index (χ3n) is 4.73. The molecule has 0 spiro atoms. The molecule has 0 saturated carbocycles. The van der Waals surface area contributed by atoms with E-state index < -0.39 is 27.4 Å². The molecule has 146 valence electrons. The summed E-state index contributed by atoms with van der Waals surface area (Å²) in [6, 6.07) is 2.84. The molecule has 0 radical (unpaired) electrons. The summed E-state index contributed by atoms with van der Waals surface area (Å²) in [5.41, 5.74) is 0.562. The lowest BCUT2D eigenvalue weighted by molar-refractivity contribution is -0.121. The number of carbonyl (C=O) groups is 1. The summed E-state index contributed by atoms with van der Waals surface area (Å²) in [6.45, 7) is 1.73. The Kier molecular flexibility index (Phi) is 5.14. The number of amides is 1. The Morgan fingerprint density at radius 3 is 2.52 bits per heavy atom. The van der Waals surface area contributed by atoms with Gasteiger partial charge in [-0.05, 0) is 25.0 Å². The summed E-state index contributed by atoms with van der Waals surface area (Å²) >= 11 is 0. The van der Waals surface area contributed by atoms with Gasteiger partial charge in [-0.1, -0.05) is 0 Å². The van der Waals surface area contributed by atoms with Crippen LogP contribution in [-0.4, -0.2) is 46.1 Å². The van der Waals surface area contributed by atoms with Crippen LogP contribution in [0.4, 0.5) is 0 Å². The highest BCUT2D eigenvalue weighted by molar-refractivity contribution is 7.91. The van der Waals surface area contributed by atoms with Crippen molar-refractivity contribution in [2.75, 3.05) is 25.7 Å². The van der Waals surface area contributed by atoms with E-state index in [1.807, 2.05) is 0 Å². The minimum Gasteiger partial charge on any atom is -0.493 e. The molecule has 1 atom stereocenters. The number of sulfone groups is 1. The number of benzene rings is 1. The highest BCUT2D eigenvalue weighted by Crippen LogP contribution is 2.33.